The van der Waals surface area contributed by atoms with Gasteiger partial charge in [-0.2, -0.15) is 0 Å². The molecule has 0 radical (unpaired) electrons. The summed E-state index contributed by atoms with van der Waals surface area (Å²) in [6.07, 6.45) is 1.30. The van der Waals surface area contributed by atoms with Gasteiger partial charge in [0.2, 0.25) is 5.91 Å². The average molecular weight is 298 g/mol. The van der Waals surface area contributed by atoms with Crippen molar-refractivity contribution in [3.63, 3.8) is 0 Å². The summed E-state index contributed by atoms with van der Waals surface area (Å²) >= 11 is 6.01. The number of aliphatic carboxylic acids is 1. The fraction of sp³-hybridized carbons (Fsp3) is 0.467. The van der Waals surface area contributed by atoms with E-state index in [0.29, 0.717) is 24.3 Å². The van der Waals surface area contributed by atoms with Crippen LogP contribution >= 0.6 is 11.6 Å². The van der Waals surface area contributed by atoms with E-state index in [0.717, 1.165) is 5.56 Å². The van der Waals surface area contributed by atoms with E-state index < -0.39 is 11.4 Å². The summed E-state index contributed by atoms with van der Waals surface area (Å²) < 4.78 is 0. The number of halogens is 1. The molecule has 1 aromatic rings. The second-order valence-corrected chi connectivity index (χ2v) is 5.49. The number of carboxylic acids is 1. The maximum atomic E-state index is 11.8. The number of carbonyl (C=O) groups is 2. The molecular weight excluding hydrogens is 278 g/mol. The molecule has 110 valence electrons. The molecule has 1 unspecified atom stereocenters. The number of nitrogens with one attached hydrogen (secondary N) is 1. The van der Waals surface area contributed by atoms with Gasteiger partial charge in [0, 0.05) is 18.0 Å². The third kappa shape index (κ3) is 4.53. The molecule has 1 rings (SSSR count). The lowest BCUT2D eigenvalue weighted by Gasteiger charge is -2.23. The highest BCUT2D eigenvalue weighted by Crippen LogP contribution is 2.20. The zero-order valence-corrected chi connectivity index (χ0v) is 12.5. The van der Waals surface area contributed by atoms with Crippen molar-refractivity contribution in [3.8, 4) is 0 Å². The summed E-state index contributed by atoms with van der Waals surface area (Å²) in [4.78, 5) is 22.9. The normalized spacial score (nSPS) is 13.6. The van der Waals surface area contributed by atoms with E-state index in [1.165, 1.54) is 0 Å². The average Bonchev–Trinajstić information content (AvgIpc) is 2.43. The van der Waals surface area contributed by atoms with Crippen molar-refractivity contribution in [1.29, 1.82) is 0 Å². The van der Waals surface area contributed by atoms with Gasteiger partial charge in [0.25, 0.3) is 0 Å². The maximum absolute atomic E-state index is 11.8. The molecule has 1 amide bonds. The molecule has 0 heterocycles. The van der Waals surface area contributed by atoms with Crippen molar-refractivity contribution in [2.75, 3.05) is 6.54 Å². The van der Waals surface area contributed by atoms with Gasteiger partial charge in [-0.15, -0.1) is 0 Å². The molecular formula is C15H20ClNO3. The SMILES string of the molecule is CCC(C)(CNC(=O)CCc1ccccc1Cl)C(=O)O. The number of carbonyl (C=O) groups excluding carboxylic acids is 1. The van der Waals surface area contributed by atoms with Crippen LogP contribution in [0.4, 0.5) is 0 Å². The molecule has 0 aliphatic rings. The first kappa shape index (κ1) is 16.5. The van der Waals surface area contributed by atoms with E-state index in [-0.39, 0.29) is 12.5 Å². The predicted octanol–water partition coefficient (Wildman–Crippen LogP) is 2.89. The molecule has 1 aromatic carbocycles. The molecule has 0 saturated heterocycles. The number of hydrogen-bond donors (Lipinski definition) is 2. The molecule has 0 fully saturated rings. The lowest BCUT2D eigenvalue weighted by atomic mass is 9.87. The molecule has 2 N–H and O–H groups in total. The summed E-state index contributed by atoms with van der Waals surface area (Å²) in [5.41, 5.74) is 0.000796. The second-order valence-electron chi connectivity index (χ2n) is 5.09. The molecule has 0 bridgehead atoms. The Morgan fingerprint density at radius 2 is 2.00 bits per heavy atom. The van der Waals surface area contributed by atoms with Crippen LogP contribution in [0.1, 0.15) is 32.3 Å². The molecule has 0 aliphatic carbocycles. The molecule has 0 aliphatic heterocycles. The molecule has 20 heavy (non-hydrogen) atoms. The van der Waals surface area contributed by atoms with E-state index >= 15 is 0 Å². The van der Waals surface area contributed by atoms with Crippen LogP contribution in [0.15, 0.2) is 24.3 Å². The fourth-order valence-corrected chi connectivity index (χ4v) is 1.91. The van der Waals surface area contributed by atoms with E-state index in [1.807, 2.05) is 18.2 Å². The van der Waals surface area contributed by atoms with E-state index in [1.54, 1.807) is 19.9 Å². The highest BCUT2D eigenvalue weighted by Gasteiger charge is 2.31. The third-order valence-electron chi connectivity index (χ3n) is 3.55. The molecule has 0 spiro atoms. The standard InChI is InChI=1S/C15H20ClNO3/c1-3-15(2,14(19)20)10-17-13(18)9-8-11-6-4-5-7-12(11)16/h4-7H,3,8-10H2,1-2H3,(H,17,18)(H,19,20). The Kier molecular flexibility index (Phi) is 6.02. The summed E-state index contributed by atoms with van der Waals surface area (Å²) in [6, 6.07) is 7.37. The topological polar surface area (TPSA) is 66.4 Å². The summed E-state index contributed by atoms with van der Waals surface area (Å²) in [7, 11) is 0. The van der Waals surface area contributed by atoms with Gasteiger partial charge in [-0.1, -0.05) is 36.7 Å². The van der Waals surface area contributed by atoms with Crippen molar-refractivity contribution >= 4 is 23.5 Å². The fourth-order valence-electron chi connectivity index (χ4n) is 1.68. The number of carboxylic acid groups (broad SMARTS) is 1. The largest absolute Gasteiger partial charge is 0.481 e. The zero-order chi connectivity index (χ0) is 15.2. The lowest BCUT2D eigenvalue weighted by Crippen LogP contribution is -2.40. The van der Waals surface area contributed by atoms with E-state index in [2.05, 4.69) is 5.32 Å². The number of aryl methyl sites for hydroxylation is 1. The van der Waals surface area contributed by atoms with Crippen LogP contribution in [-0.4, -0.2) is 23.5 Å². The lowest BCUT2D eigenvalue weighted by molar-refractivity contribution is -0.148. The van der Waals surface area contributed by atoms with Crippen molar-refractivity contribution in [3.05, 3.63) is 34.9 Å². The van der Waals surface area contributed by atoms with E-state index in [9.17, 15) is 9.59 Å². The van der Waals surface area contributed by atoms with Crippen molar-refractivity contribution in [1.82, 2.24) is 5.32 Å². The van der Waals surface area contributed by atoms with Gasteiger partial charge in [-0.25, -0.2) is 0 Å². The minimum atomic E-state index is -0.917. The molecule has 0 aromatic heterocycles. The summed E-state index contributed by atoms with van der Waals surface area (Å²) in [5, 5.41) is 12.4. The van der Waals surface area contributed by atoms with Crippen LogP contribution in [0, 0.1) is 5.41 Å². The number of amides is 1. The number of rotatable bonds is 7. The quantitative estimate of drug-likeness (QED) is 0.813. The predicted molar refractivity (Wildman–Crippen MR) is 78.8 cm³/mol. The monoisotopic (exact) mass is 297 g/mol. The Labute approximate surface area is 124 Å². The number of hydrogen-bond acceptors (Lipinski definition) is 2. The number of benzene rings is 1. The van der Waals surface area contributed by atoms with Crippen molar-refractivity contribution in [2.24, 2.45) is 5.41 Å². The minimum absolute atomic E-state index is 0.139. The third-order valence-corrected chi connectivity index (χ3v) is 3.92. The van der Waals surface area contributed by atoms with Gasteiger partial charge < -0.3 is 10.4 Å². The highest BCUT2D eigenvalue weighted by molar-refractivity contribution is 6.31. The zero-order valence-electron chi connectivity index (χ0n) is 11.8. The van der Waals surface area contributed by atoms with Gasteiger partial charge in [0.1, 0.15) is 0 Å². The Morgan fingerprint density at radius 3 is 2.55 bits per heavy atom. The Balaban J connectivity index is 2.45. The molecule has 4 nitrogen and oxygen atoms in total. The maximum Gasteiger partial charge on any atom is 0.311 e. The second kappa shape index (κ2) is 7.29. The van der Waals surface area contributed by atoms with Crippen LogP contribution in [-0.2, 0) is 16.0 Å². The van der Waals surface area contributed by atoms with Gasteiger partial charge in [0.15, 0.2) is 0 Å². The summed E-state index contributed by atoms with van der Waals surface area (Å²) in [5.74, 6) is -1.06. The molecule has 5 heteroatoms. The Hall–Kier alpha value is -1.55. The van der Waals surface area contributed by atoms with E-state index in [4.69, 9.17) is 16.7 Å². The Bertz CT molecular complexity index is 490. The van der Waals surface area contributed by atoms with Gasteiger partial charge >= 0.3 is 5.97 Å². The van der Waals surface area contributed by atoms with Gasteiger partial charge in [-0.3, -0.25) is 9.59 Å². The first-order valence-electron chi connectivity index (χ1n) is 6.62. The smallest absolute Gasteiger partial charge is 0.311 e. The van der Waals surface area contributed by atoms with Crippen LogP contribution in [0.3, 0.4) is 0 Å². The van der Waals surface area contributed by atoms with Crippen LogP contribution in [0.5, 0.6) is 0 Å². The van der Waals surface area contributed by atoms with Crippen LogP contribution < -0.4 is 5.32 Å². The van der Waals surface area contributed by atoms with Gasteiger partial charge in [0.05, 0.1) is 5.41 Å². The Morgan fingerprint density at radius 1 is 1.35 bits per heavy atom. The minimum Gasteiger partial charge on any atom is -0.481 e. The van der Waals surface area contributed by atoms with Crippen LogP contribution in [0.25, 0.3) is 0 Å². The molecule has 0 saturated carbocycles. The van der Waals surface area contributed by atoms with Crippen molar-refractivity contribution in [2.45, 2.75) is 33.1 Å². The van der Waals surface area contributed by atoms with Crippen molar-refractivity contribution < 1.29 is 14.7 Å². The first-order valence-corrected chi connectivity index (χ1v) is 7.00. The first-order chi connectivity index (χ1) is 9.39. The van der Waals surface area contributed by atoms with Crippen LogP contribution in [0.2, 0.25) is 5.02 Å². The van der Waals surface area contributed by atoms with Gasteiger partial charge in [-0.05, 0) is 31.4 Å². The highest BCUT2D eigenvalue weighted by atomic mass is 35.5. The summed E-state index contributed by atoms with van der Waals surface area (Å²) in [6.45, 7) is 3.56. The molecule has 1 atom stereocenters.